The fourth-order valence-corrected chi connectivity index (χ4v) is 1.89. The van der Waals surface area contributed by atoms with Crippen LogP contribution in [0.4, 0.5) is 0 Å². The molecule has 0 aliphatic rings. The van der Waals surface area contributed by atoms with Crippen LogP contribution in [0.15, 0.2) is 12.3 Å². The van der Waals surface area contributed by atoms with Crippen LogP contribution in [0.5, 0.6) is 0 Å². The Kier molecular flexibility index (Phi) is 5.89. The highest BCUT2D eigenvalue weighted by molar-refractivity contribution is 6.35. The van der Waals surface area contributed by atoms with Gasteiger partial charge in [0, 0.05) is 12.2 Å². The van der Waals surface area contributed by atoms with E-state index in [2.05, 4.69) is 24.1 Å². The first kappa shape index (κ1) is 15.3. The van der Waals surface area contributed by atoms with Crippen molar-refractivity contribution in [1.82, 2.24) is 10.3 Å². The van der Waals surface area contributed by atoms with E-state index >= 15 is 0 Å². The molecule has 0 fully saturated rings. The second-order valence-electron chi connectivity index (χ2n) is 4.83. The summed E-state index contributed by atoms with van der Waals surface area (Å²) in [7, 11) is 0. The zero-order valence-electron chi connectivity index (χ0n) is 10.8. The summed E-state index contributed by atoms with van der Waals surface area (Å²) in [5, 5.41) is 3.49. The summed E-state index contributed by atoms with van der Waals surface area (Å²) in [4.78, 5) is 15.8. The zero-order valence-corrected chi connectivity index (χ0v) is 12.3. The van der Waals surface area contributed by atoms with Gasteiger partial charge < -0.3 is 5.32 Å². The minimum Gasteiger partial charge on any atom is -0.350 e. The SMILES string of the molecule is CC(C)CCC(C)NC(=O)c1cc(Cl)ncc1Cl. The van der Waals surface area contributed by atoms with Crippen LogP contribution in [0.25, 0.3) is 0 Å². The molecule has 0 aliphatic heterocycles. The smallest absolute Gasteiger partial charge is 0.253 e. The van der Waals surface area contributed by atoms with Gasteiger partial charge >= 0.3 is 0 Å². The maximum Gasteiger partial charge on any atom is 0.253 e. The van der Waals surface area contributed by atoms with Crippen molar-refractivity contribution in [1.29, 1.82) is 0 Å². The minimum absolute atomic E-state index is 0.114. The van der Waals surface area contributed by atoms with Crippen molar-refractivity contribution < 1.29 is 4.79 Å². The summed E-state index contributed by atoms with van der Waals surface area (Å²) in [6.07, 6.45) is 3.41. The van der Waals surface area contributed by atoms with Crippen LogP contribution in [0, 0.1) is 5.92 Å². The Hall–Kier alpha value is -0.800. The molecule has 1 N–H and O–H groups in total. The van der Waals surface area contributed by atoms with Crippen molar-refractivity contribution in [3.63, 3.8) is 0 Å². The molecule has 18 heavy (non-hydrogen) atoms. The number of amides is 1. The van der Waals surface area contributed by atoms with Crippen LogP contribution in [-0.4, -0.2) is 16.9 Å². The average Bonchev–Trinajstić information content (AvgIpc) is 2.29. The highest BCUT2D eigenvalue weighted by Crippen LogP contribution is 2.18. The number of carbonyl (C=O) groups is 1. The molecule has 100 valence electrons. The first-order valence-corrected chi connectivity index (χ1v) is 6.77. The molecule has 1 rings (SSSR count). The number of aromatic nitrogens is 1. The van der Waals surface area contributed by atoms with Crippen molar-refractivity contribution in [2.24, 2.45) is 5.92 Å². The summed E-state index contributed by atoms with van der Waals surface area (Å²) in [5.74, 6) is 0.420. The van der Waals surface area contributed by atoms with Gasteiger partial charge in [0.2, 0.25) is 0 Å². The predicted octanol–water partition coefficient (Wildman–Crippen LogP) is 3.94. The molecule has 5 heteroatoms. The summed E-state index contributed by atoms with van der Waals surface area (Å²) < 4.78 is 0. The van der Waals surface area contributed by atoms with E-state index in [0.29, 0.717) is 16.5 Å². The number of hydrogen-bond donors (Lipinski definition) is 1. The topological polar surface area (TPSA) is 42.0 Å². The van der Waals surface area contributed by atoms with E-state index in [9.17, 15) is 4.79 Å². The summed E-state index contributed by atoms with van der Waals surface area (Å²) in [5.41, 5.74) is 0.369. The van der Waals surface area contributed by atoms with Crippen LogP contribution >= 0.6 is 23.2 Å². The number of carbonyl (C=O) groups excluding carboxylic acids is 1. The van der Waals surface area contributed by atoms with Gasteiger partial charge in [0.05, 0.1) is 10.6 Å². The van der Waals surface area contributed by atoms with Crippen LogP contribution in [0.3, 0.4) is 0 Å². The maximum atomic E-state index is 12.0. The normalized spacial score (nSPS) is 12.6. The first-order chi connectivity index (χ1) is 8.40. The van der Waals surface area contributed by atoms with E-state index < -0.39 is 0 Å². The van der Waals surface area contributed by atoms with Gasteiger partial charge in [-0.3, -0.25) is 4.79 Å². The predicted molar refractivity (Wildman–Crippen MR) is 75.3 cm³/mol. The second kappa shape index (κ2) is 6.95. The van der Waals surface area contributed by atoms with Crippen LogP contribution in [0.1, 0.15) is 44.0 Å². The molecular weight excluding hydrogens is 271 g/mol. The van der Waals surface area contributed by atoms with Gasteiger partial charge in [0.25, 0.3) is 5.91 Å². The quantitative estimate of drug-likeness (QED) is 0.834. The van der Waals surface area contributed by atoms with Crippen molar-refractivity contribution in [2.45, 2.75) is 39.7 Å². The van der Waals surface area contributed by atoms with Crippen LogP contribution in [0.2, 0.25) is 10.2 Å². The molecule has 1 unspecified atom stereocenters. The van der Waals surface area contributed by atoms with Gasteiger partial charge in [0.1, 0.15) is 5.15 Å². The standard InChI is InChI=1S/C13H18Cl2N2O/c1-8(2)4-5-9(3)17-13(18)10-6-12(15)16-7-11(10)14/h6-9H,4-5H2,1-3H3,(H,17,18). The second-order valence-corrected chi connectivity index (χ2v) is 5.63. The van der Waals surface area contributed by atoms with E-state index in [1.807, 2.05) is 6.92 Å². The van der Waals surface area contributed by atoms with E-state index in [1.165, 1.54) is 12.3 Å². The number of rotatable bonds is 5. The Morgan fingerprint density at radius 1 is 1.33 bits per heavy atom. The maximum absolute atomic E-state index is 12.0. The molecular formula is C13H18Cl2N2O. The van der Waals surface area contributed by atoms with Crippen LogP contribution in [-0.2, 0) is 0 Å². The van der Waals surface area contributed by atoms with Crippen molar-refractivity contribution >= 4 is 29.1 Å². The molecule has 0 saturated carbocycles. The minimum atomic E-state index is -0.208. The highest BCUT2D eigenvalue weighted by Gasteiger charge is 2.14. The first-order valence-electron chi connectivity index (χ1n) is 6.02. The van der Waals surface area contributed by atoms with Gasteiger partial charge in [-0.05, 0) is 31.7 Å². The molecule has 0 spiro atoms. The highest BCUT2D eigenvalue weighted by atomic mass is 35.5. The number of halogens is 2. The lowest BCUT2D eigenvalue weighted by atomic mass is 10.0. The Balaban J connectivity index is 2.62. The molecule has 0 bridgehead atoms. The van der Waals surface area contributed by atoms with Gasteiger partial charge in [-0.1, -0.05) is 37.0 Å². The summed E-state index contributed by atoms with van der Waals surface area (Å²) in [6.45, 7) is 6.30. The molecule has 1 aromatic rings. The molecule has 0 radical (unpaired) electrons. The fraction of sp³-hybridized carbons (Fsp3) is 0.538. The third-order valence-corrected chi connectivity index (χ3v) is 3.13. The number of pyridine rings is 1. The van der Waals surface area contributed by atoms with E-state index in [0.717, 1.165) is 12.8 Å². The summed E-state index contributed by atoms with van der Waals surface area (Å²) in [6, 6.07) is 1.59. The Morgan fingerprint density at radius 3 is 2.61 bits per heavy atom. The number of nitrogens with one attached hydrogen (secondary N) is 1. The molecule has 0 aromatic carbocycles. The van der Waals surface area contributed by atoms with Crippen molar-refractivity contribution in [3.05, 3.63) is 28.0 Å². The Labute approximate surface area is 118 Å². The molecule has 1 heterocycles. The van der Waals surface area contributed by atoms with Gasteiger partial charge in [-0.15, -0.1) is 0 Å². The lowest BCUT2D eigenvalue weighted by Crippen LogP contribution is -2.33. The van der Waals surface area contributed by atoms with Crippen molar-refractivity contribution in [2.75, 3.05) is 0 Å². The molecule has 1 amide bonds. The molecule has 1 aromatic heterocycles. The van der Waals surface area contributed by atoms with E-state index in [-0.39, 0.29) is 17.1 Å². The van der Waals surface area contributed by atoms with Gasteiger partial charge in [0.15, 0.2) is 0 Å². The molecule has 0 saturated heterocycles. The number of nitrogens with zero attached hydrogens (tertiary/aromatic N) is 1. The Morgan fingerprint density at radius 2 is 2.00 bits per heavy atom. The third kappa shape index (κ3) is 4.83. The summed E-state index contributed by atoms with van der Waals surface area (Å²) >= 11 is 11.7. The molecule has 3 nitrogen and oxygen atoms in total. The van der Waals surface area contributed by atoms with E-state index in [1.54, 1.807) is 0 Å². The average molecular weight is 289 g/mol. The lowest BCUT2D eigenvalue weighted by molar-refractivity contribution is 0.0937. The van der Waals surface area contributed by atoms with Crippen molar-refractivity contribution in [3.8, 4) is 0 Å². The largest absolute Gasteiger partial charge is 0.350 e. The lowest BCUT2D eigenvalue weighted by Gasteiger charge is -2.15. The fourth-order valence-electron chi connectivity index (χ4n) is 1.54. The third-order valence-electron chi connectivity index (χ3n) is 2.62. The number of hydrogen-bond acceptors (Lipinski definition) is 2. The van der Waals surface area contributed by atoms with E-state index in [4.69, 9.17) is 23.2 Å². The van der Waals surface area contributed by atoms with Crippen LogP contribution < -0.4 is 5.32 Å². The Bertz CT molecular complexity index is 421. The molecule has 0 aliphatic carbocycles. The molecule has 1 atom stereocenters. The van der Waals surface area contributed by atoms with Gasteiger partial charge in [-0.2, -0.15) is 0 Å². The zero-order chi connectivity index (χ0) is 13.7. The monoisotopic (exact) mass is 288 g/mol. The van der Waals surface area contributed by atoms with Gasteiger partial charge in [-0.25, -0.2) is 4.98 Å².